The highest BCUT2D eigenvalue weighted by atomic mass is 32.2. The van der Waals surface area contributed by atoms with Crippen LogP contribution in [0.3, 0.4) is 0 Å². The van der Waals surface area contributed by atoms with Crippen molar-refractivity contribution in [3.8, 4) is 5.69 Å². The molecule has 1 unspecified atom stereocenters. The lowest BCUT2D eigenvalue weighted by Crippen LogP contribution is -2.52. The molecule has 2 saturated heterocycles. The molecule has 2 fully saturated rings. The molecule has 0 aliphatic carbocycles. The Morgan fingerprint density at radius 3 is 2.32 bits per heavy atom. The first-order chi connectivity index (χ1) is 14.7. The summed E-state index contributed by atoms with van der Waals surface area (Å²) in [4.78, 5) is 16.8. The van der Waals surface area contributed by atoms with Gasteiger partial charge in [0.15, 0.2) is 9.84 Å². The number of nitrogens with zero attached hydrogens (tertiary/aromatic N) is 3. The molecule has 1 atom stereocenters. The van der Waals surface area contributed by atoms with Crippen LogP contribution in [-0.4, -0.2) is 72.4 Å². The van der Waals surface area contributed by atoms with Gasteiger partial charge in [-0.25, -0.2) is 8.42 Å². The second-order valence-electron chi connectivity index (χ2n) is 8.75. The first-order valence-electron chi connectivity index (χ1n) is 10.9. The molecule has 166 valence electrons. The van der Waals surface area contributed by atoms with Gasteiger partial charge in [-0.2, -0.15) is 0 Å². The molecule has 7 heteroatoms. The summed E-state index contributed by atoms with van der Waals surface area (Å²) in [6.07, 6.45) is 4.29. The summed E-state index contributed by atoms with van der Waals surface area (Å²) in [7, 11) is -2.88. The molecule has 3 heterocycles. The number of benzene rings is 1. The maximum absolute atomic E-state index is 12.7. The highest BCUT2D eigenvalue weighted by Crippen LogP contribution is 2.23. The SMILES string of the molecule is Cc1ccc(-n2c(C)cc(/C=C/C(=O)N3CCN(C4CCS(=O)(=O)C4)CC3)c2C)cc1. The Kier molecular flexibility index (Phi) is 6.08. The van der Waals surface area contributed by atoms with E-state index in [1.807, 2.05) is 11.0 Å². The van der Waals surface area contributed by atoms with Gasteiger partial charge in [0.05, 0.1) is 11.5 Å². The van der Waals surface area contributed by atoms with Gasteiger partial charge in [0, 0.05) is 55.4 Å². The van der Waals surface area contributed by atoms with Gasteiger partial charge in [0.2, 0.25) is 5.91 Å². The number of amides is 1. The molecule has 6 nitrogen and oxygen atoms in total. The van der Waals surface area contributed by atoms with Crippen LogP contribution in [0.25, 0.3) is 11.8 Å². The van der Waals surface area contributed by atoms with Gasteiger partial charge in [-0.3, -0.25) is 9.69 Å². The van der Waals surface area contributed by atoms with Crippen LogP contribution in [0.1, 0.15) is 28.9 Å². The minimum atomic E-state index is -2.88. The van der Waals surface area contributed by atoms with Gasteiger partial charge >= 0.3 is 0 Å². The lowest BCUT2D eigenvalue weighted by Gasteiger charge is -2.37. The summed E-state index contributed by atoms with van der Waals surface area (Å²) in [5.74, 6) is 0.566. The molecule has 1 aromatic carbocycles. The Morgan fingerprint density at radius 2 is 1.71 bits per heavy atom. The zero-order chi connectivity index (χ0) is 22.2. The van der Waals surface area contributed by atoms with E-state index >= 15 is 0 Å². The van der Waals surface area contributed by atoms with Crippen LogP contribution < -0.4 is 0 Å². The summed E-state index contributed by atoms with van der Waals surface area (Å²) in [6.45, 7) is 8.99. The highest BCUT2D eigenvalue weighted by Gasteiger charge is 2.34. The number of carbonyl (C=O) groups excluding carboxylic acids is 1. The molecule has 0 bridgehead atoms. The van der Waals surface area contributed by atoms with E-state index in [0.717, 1.165) is 35.7 Å². The van der Waals surface area contributed by atoms with Crippen molar-refractivity contribution < 1.29 is 13.2 Å². The number of aromatic nitrogens is 1. The van der Waals surface area contributed by atoms with E-state index in [1.165, 1.54) is 5.56 Å². The van der Waals surface area contributed by atoms with Crippen LogP contribution in [-0.2, 0) is 14.6 Å². The van der Waals surface area contributed by atoms with E-state index in [9.17, 15) is 13.2 Å². The van der Waals surface area contributed by atoms with Crippen LogP contribution in [0.2, 0.25) is 0 Å². The number of hydrogen-bond donors (Lipinski definition) is 0. The van der Waals surface area contributed by atoms with Crippen molar-refractivity contribution in [2.24, 2.45) is 0 Å². The van der Waals surface area contributed by atoms with Gasteiger partial charge in [-0.1, -0.05) is 17.7 Å². The van der Waals surface area contributed by atoms with Crippen molar-refractivity contribution in [3.05, 3.63) is 58.9 Å². The fraction of sp³-hybridized carbons (Fsp3) is 0.458. The largest absolute Gasteiger partial charge is 0.337 e. The van der Waals surface area contributed by atoms with Gasteiger partial charge in [-0.15, -0.1) is 0 Å². The van der Waals surface area contributed by atoms with Crippen LogP contribution in [0.4, 0.5) is 0 Å². The Morgan fingerprint density at radius 1 is 1.03 bits per heavy atom. The van der Waals surface area contributed by atoms with Gasteiger partial charge in [0.1, 0.15) is 0 Å². The van der Waals surface area contributed by atoms with Crippen molar-refractivity contribution in [3.63, 3.8) is 0 Å². The lowest BCUT2D eigenvalue weighted by molar-refractivity contribution is -0.127. The minimum absolute atomic E-state index is 0.0128. The molecule has 4 rings (SSSR count). The van der Waals surface area contributed by atoms with E-state index in [4.69, 9.17) is 0 Å². The van der Waals surface area contributed by atoms with E-state index in [2.05, 4.69) is 60.6 Å². The van der Waals surface area contributed by atoms with Crippen molar-refractivity contribution in [1.82, 2.24) is 14.4 Å². The van der Waals surface area contributed by atoms with Gasteiger partial charge < -0.3 is 9.47 Å². The zero-order valence-electron chi connectivity index (χ0n) is 18.5. The van der Waals surface area contributed by atoms with Crippen molar-refractivity contribution in [1.29, 1.82) is 0 Å². The molecule has 2 aliphatic rings. The van der Waals surface area contributed by atoms with Crippen molar-refractivity contribution in [2.75, 3.05) is 37.7 Å². The quantitative estimate of drug-likeness (QED) is 0.685. The van der Waals surface area contributed by atoms with E-state index in [0.29, 0.717) is 25.3 Å². The molecule has 0 spiro atoms. The number of hydrogen-bond acceptors (Lipinski definition) is 4. The molecule has 0 N–H and O–H groups in total. The summed E-state index contributed by atoms with van der Waals surface area (Å²) >= 11 is 0. The normalized spacial score (nSPS) is 21.8. The first-order valence-corrected chi connectivity index (χ1v) is 12.7. The van der Waals surface area contributed by atoms with Crippen LogP contribution in [0.5, 0.6) is 0 Å². The predicted molar refractivity (Wildman–Crippen MR) is 124 cm³/mol. The highest BCUT2D eigenvalue weighted by molar-refractivity contribution is 7.91. The van der Waals surface area contributed by atoms with Crippen LogP contribution >= 0.6 is 0 Å². The third kappa shape index (κ3) is 4.77. The van der Waals surface area contributed by atoms with Gasteiger partial charge in [0.25, 0.3) is 0 Å². The number of carbonyl (C=O) groups is 1. The topological polar surface area (TPSA) is 62.6 Å². The van der Waals surface area contributed by atoms with Crippen LogP contribution in [0.15, 0.2) is 36.4 Å². The fourth-order valence-corrected chi connectivity index (χ4v) is 6.45. The van der Waals surface area contributed by atoms with Gasteiger partial charge in [-0.05, 0) is 57.0 Å². The van der Waals surface area contributed by atoms with Crippen LogP contribution in [0, 0.1) is 20.8 Å². The second-order valence-corrected chi connectivity index (χ2v) is 11.0. The van der Waals surface area contributed by atoms with E-state index in [-0.39, 0.29) is 17.7 Å². The number of piperazine rings is 1. The maximum Gasteiger partial charge on any atom is 0.246 e. The maximum atomic E-state index is 12.7. The van der Waals surface area contributed by atoms with E-state index in [1.54, 1.807) is 6.08 Å². The average molecular weight is 442 g/mol. The predicted octanol–water partition coefficient (Wildman–Crippen LogP) is 2.75. The van der Waals surface area contributed by atoms with E-state index < -0.39 is 9.84 Å². The number of aryl methyl sites for hydroxylation is 2. The van der Waals surface area contributed by atoms with Crippen molar-refractivity contribution >= 4 is 21.8 Å². The Hall–Kier alpha value is -2.38. The summed E-state index contributed by atoms with van der Waals surface area (Å²) < 4.78 is 25.7. The second kappa shape index (κ2) is 8.63. The fourth-order valence-electron chi connectivity index (χ4n) is 4.68. The lowest BCUT2D eigenvalue weighted by atomic mass is 10.2. The molecule has 2 aromatic rings. The molecule has 1 amide bonds. The Balaban J connectivity index is 1.39. The smallest absolute Gasteiger partial charge is 0.246 e. The standard InChI is InChI=1S/C24H31N3O3S/c1-18-4-7-22(8-5-18)27-19(2)16-21(20(27)3)6-9-24(28)26-13-11-25(12-14-26)23-10-15-31(29,30)17-23/h4-9,16,23H,10-15,17H2,1-3H3/b9-6+. The molecule has 31 heavy (non-hydrogen) atoms. The minimum Gasteiger partial charge on any atom is -0.337 e. The Bertz CT molecular complexity index is 1090. The monoisotopic (exact) mass is 441 g/mol. The summed E-state index contributed by atoms with van der Waals surface area (Å²) in [5.41, 5.74) is 5.63. The molecule has 0 saturated carbocycles. The molecular formula is C24H31N3O3S. The summed E-state index contributed by atoms with van der Waals surface area (Å²) in [6, 6.07) is 10.7. The molecule has 1 aromatic heterocycles. The number of sulfone groups is 1. The zero-order valence-corrected chi connectivity index (χ0v) is 19.4. The molecular weight excluding hydrogens is 410 g/mol. The Labute approximate surface area is 185 Å². The van der Waals surface area contributed by atoms with Crippen molar-refractivity contribution in [2.45, 2.75) is 33.2 Å². The summed E-state index contributed by atoms with van der Waals surface area (Å²) in [5, 5.41) is 0. The average Bonchev–Trinajstić information content (AvgIpc) is 3.25. The third-order valence-corrected chi connectivity index (χ3v) is 8.27. The number of rotatable bonds is 4. The first kappa shape index (κ1) is 21.8. The third-order valence-electron chi connectivity index (χ3n) is 6.52. The molecule has 2 aliphatic heterocycles. The molecule has 0 radical (unpaired) electrons.